The molecule has 158 valence electrons. The molecule has 0 bridgehead atoms. The smallest absolute Gasteiger partial charge is 0.253 e. The van der Waals surface area contributed by atoms with E-state index in [-0.39, 0.29) is 5.56 Å². The molecule has 0 saturated carbocycles. The van der Waals surface area contributed by atoms with Crippen molar-refractivity contribution in [1.29, 1.82) is 0 Å². The van der Waals surface area contributed by atoms with Crippen LogP contribution >= 0.6 is 12.2 Å². The molecule has 1 aromatic heterocycles. The molecule has 0 amide bonds. The molecule has 0 spiro atoms. The number of H-pyrrole nitrogens is 1. The normalized spacial score (nSPS) is 11.1. The fraction of sp³-hybridized carbons (Fsp3) is 0.333. The van der Waals surface area contributed by atoms with Crippen molar-refractivity contribution >= 4 is 28.2 Å². The summed E-state index contributed by atoms with van der Waals surface area (Å²) in [5, 5.41) is 5.05. The maximum atomic E-state index is 12.8. The van der Waals surface area contributed by atoms with E-state index < -0.39 is 0 Å². The molecule has 0 saturated heterocycles. The van der Waals surface area contributed by atoms with Crippen molar-refractivity contribution in [2.45, 2.75) is 26.9 Å². The Morgan fingerprint density at radius 1 is 1.07 bits per heavy atom. The number of aromatic nitrogens is 1. The number of aryl methyl sites for hydroxylation is 2. The number of hydrogen-bond donors (Lipinski definition) is 2. The van der Waals surface area contributed by atoms with Crippen molar-refractivity contribution in [2.75, 3.05) is 27.2 Å². The fourth-order valence-electron chi connectivity index (χ4n) is 3.51. The van der Waals surface area contributed by atoms with E-state index in [1.165, 1.54) is 11.1 Å². The Kier molecular flexibility index (Phi) is 7.24. The third-order valence-corrected chi connectivity index (χ3v) is 5.52. The lowest BCUT2D eigenvalue weighted by molar-refractivity contribution is 0.322. The summed E-state index contributed by atoms with van der Waals surface area (Å²) in [7, 11) is 4.07. The SMILES string of the molecule is Cc1cc(C)c2[nH]c(=O)c(CN(CCN(C)C)C(=S)NCc3ccccc3)cc2c1. The van der Waals surface area contributed by atoms with Crippen molar-refractivity contribution in [1.82, 2.24) is 20.1 Å². The van der Waals surface area contributed by atoms with E-state index in [0.717, 1.165) is 35.1 Å². The fourth-order valence-corrected chi connectivity index (χ4v) is 3.74. The van der Waals surface area contributed by atoms with Crippen LogP contribution in [0.1, 0.15) is 22.3 Å². The largest absolute Gasteiger partial charge is 0.358 e. The first kappa shape index (κ1) is 22.0. The molecule has 30 heavy (non-hydrogen) atoms. The summed E-state index contributed by atoms with van der Waals surface area (Å²) in [6, 6.07) is 16.4. The van der Waals surface area contributed by atoms with E-state index in [9.17, 15) is 4.79 Å². The van der Waals surface area contributed by atoms with E-state index in [1.54, 1.807) is 0 Å². The molecule has 2 aromatic carbocycles. The Morgan fingerprint density at radius 3 is 2.50 bits per heavy atom. The van der Waals surface area contributed by atoms with Crippen LogP contribution in [0.15, 0.2) is 53.3 Å². The van der Waals surface area contributed by atoms with E-state index in [4.69, 9.17) is 12.2 Å². The minimum Gasteiger partial charge on any atom is -0.358 e. The van der Waals surface area contributed by atoms with Crippen molar-refractivity contribution < 1.29 is 0 Å². The number of thiocarbonyl (C=S) groups is 1. The number of pyridine rings is 1. The van der Waals surface area contributed by atoms with E-state index in [1.807, 2.05) is 45.3 Å². The van der Waals surface area contributed by atoms with Crippen LogP contribution in [0.25, 0.3) is 10.9 Å². The first-order valence-corrected chi connectivity index (χ1v) is 10.6. The quantitative estimate of drug-likeness (QED) is 0.570. The third kappa shape index (κ3) is 5.68. The number of nitrogens with one attached hydrogen (secondary N) is 2. The molecular weight excluding hydrogens is 392 g/mol. The lowest BCUT2D eigenvalue weighted by Gasteiger charge is -2.27. The van der Waals surface area contributed by atoms with Crippen LogP contribution in [-0.2, 0) is 13.1 Å². The zero-order valence-corrected chi connectivity index (χ0v) is 19.0. The van der Waals surface area contributed by atoms with Gasteiger partial charge < -0.3 is 20.1 Å². The maximum Gasteiger partial charge on any atom is 0.253 e. The van der Waals surface area contributed by atoms with Gasteiger partial charge in [0, 0.05) is 25.2 Å². The molecule has 0 aliphatic rings. The summed E-state index contributed by atoms with van der Waals surface area (Å²) in [4.78, 5) is 20.0. The number of likely N-dealkylation sites (N-methyl/N-ethyl adjacent to an activating group) is 1. The molecule has 1 heterocycles. The summed E-state index contributed by atoms with van der Waals surface area (Å²) in [6.07, 6.45) is 0. The summed E-state index contributed by atoms with van der Waals surface area (Å²) >= 11 is 5.69. The van der Waals surface area contributed by atoms with Crippen LogP contribution in [0.2, 0.25) is 0 Å². The molecule has 6 heteroatoms. The molecule has 3 aromatic rings. The highest BCUT2D eigenvalue weighted by Crippen LogP contribution is 2.18. The average Bonchev–Trinajstić information content (AvgIpc) is 2.71. The van der Waals surface area contributed by atoms with Gasteiger partial charge in [0.25, 0.3) is 5.56 Å². The molecule has 0 unspecified atom stereocenters. The van der Waals surface area contributed by atoms with Crippen LogP contribution < -0.4 is 10.9 Å². The second-order valence-corrected chi connectivity index (χ2v) is 8.43. The van der Waals surface area contributed by atoms with Crippen LogP contribution in [-0.4, -0.2) is 47.1 Å². The van der Waals surface area contributed by atoms with Crippen molar-refractivity contribution in [3.8, 4) is 0 Å². The minimum absolute atomic E-state index is 0.0600. The molecule has 0 atom stereocenters. The number of hydrogen-bond acceptors (Lipinski definition) is 3. The number of aromatic amines is 1. The van der Waals surface area contributed by atoms with Crippen molar-refractivity contribution in [3.63, 3.8) is 0 Å². The lowest BCUT2D eigenvalue weighted by Crippen LogP contribution is -2.43. The van der Waals surface area contributed by atoms with Crippen LogP contribution in [0.3, 0.4) is 0 Å². The third-order valence-electron chi connectivity index (χ3n) is 5.12. The van der Waals surface area contributed by atoms with Gasteiger partial charge in [-0.05, 0) is 68.8 Å². The molecular formula is C24H30N4OS. The Hall–Kier alpha value is -2.70. The zero-order valence-electron chi connectivity index (χ0n) is 18.2. The van der Waals surface area contributed by atoms with Gasteiger partial charge in [0.05, 0.1) is 12.1 Å². The Morgan fingerprint density at radius 2 is 1.80 bits per heavy atom. The highest BCUT2D eigenvalue weighted by Gasteiger charge is 2.14. The van der Waals surface area contributed by atoms with Gasteiger partial charge in [-0.25, -0.2) is 0 Å². The highest BCUT2D eigenvalue weighted by atomic mass is 32.1. The van der Waals surface area contributed by atoms with Gasteiger partial charge in [-0.2, -0.15) is 0 Å². The molecule has 0 aliphatic carbocycles. The van der Waals surface area contributed by atoms with Gasteiger partial charge in [0.1, 0.15) is 0 Å². The predicted octanol–water partition coefficient (Wildman–Crippen LogP) is 3.58. The first-order valence-electron chi connectivity index (χ1n) is 10.2. The molecule has 0 fully saturated rings. The number of rotatable bonds is 7. The summed E-state index contributed by atoms with van der Waals surface area (Å²) in [6.45, 7) is 6.80. The van der Waals surface area contributed by atoms with Crippen LogP contribution in [0.5, 0.6) is 0 Å². The van der Waals surface area contributed by atoms with Gasteiger partial charge in [0.15, 0.2) is 5.11 Å². The van der Waals surface area contributed by atoms with Gasteiger partial charge in [0.2, 0.25) is 0 Å². The Balaban J connectivity index is 1.82. The van der Waals surface area contributed by atoms with Crippen molar-refractivity contribution in [2.24, 2.45) is 0 Å². The second-order valence-electron chi connectivity index (χ2n) is 8.04. The summed E-state index contributed by atoms with van der Waals surface area (Å²) in [5.41, 5.74) is 4.99. The van der Waals surface area contributed by atoms with Gasteiger partial charge in [-0.15, -0.1) is 0 Å². The molecule has 5 nitrogen and oxygen atoms in total. The maximum absolute atomic E-state index is 12.8. The minimum atomic E-state index is -0.0600. The lowest BCUT2D eigenvalue weighted by atomic mass is 10.1. The summed E-state index contributed by atoms with van der Waals surface area (Å²) in [5.74, 6) is 0. The second kappa shape index (κ2) is 9.87. The van der Waals surface area contributed by atoms with E-state index in [2.05, 4.69) is 51.3 Å². The summed E-state index contributed by atoms with van der Waals surface area (Å²) < 4.78 is 0. The molecule has 3 rings (SSSR count). The van der Waals surface area contributed by atoms with Gasteiger partial charge >= 0.3 is 0 Å². The van der Waals surface area contributed by atoms with E-state index >= 15 is 0 Å². The number of nitrogens with zero attached hydrogens (tertiary/aromatic N) is 2. The first-order chi connectivity index (χ1) is 14.3. The number of benzene rings is 2. The number of fused-ring (bicyclic) bond motifs is 1. The van der Waals surface area contributed by atoms with Crippen LogP contribution in [0, 0.1) is 13.8 Å². The van der Waals surface area contributed by atoms with Crippen LogP contribution in [0.4, 0.5) is 0 Å². The topological polar surface area (TPSA) is 51.4 Å². The average molecular weight is 423 g/mol. The van der Waals surface area contributed by atoms with Gasteiger partial charge in [-0.1, -0.05) is 42.0 Å². The zero-order chi connectivity index (χ0) is 21.7. The van der Waals surface area contributed by atoms with Crippen molar-refractivity contribution in [3.05, 3.63) is 81.1 Å². The highest BCUT2D eigenvalue weighted by molar-refractivity contribution is 7.80. The predicted molar refractivity (Wildman–Crippen MR) is 129 cm³/mol. The molecule has 2 N–H and O–H groups in total. The van der Waals surface area contributed by atoms with E-state index in [0.29, 0.717) is 18.2 Å². The Labute approximate surface area is 183 Å². The standard InChI is InChI=1S/C24H30N4OS/c1-17-12-18(2)22-20(13-17)14-21(23(29)26-22)16-28(11-10-27(3)4)24(30)25-15-19-8-6-5-7-9-19/h5-9,12-14H,10-11,15-16H2,1-4H3,(H,25,30)(H,26,29). The molecule has 0 radical (unpaired) electrons. The Bertz CT molecular complexity index is 1080. The van der Waals surface area contributed by atoms with Gasteiger partial charge in [-0.3, -0.25) is 4.79 Å². The molecule has 0 aliphatic heterocycles. The monoisotopic (exact) mass is 422 g/mol.